The van der Waals surface area contributed by atoms with E-state index in [9.17, 15) is 9.59 Å². The molecule has 1 fully saturated rings. The fraction of sp³-hybridized carbons (Fsp3) is 0.429. The van der Waals surface area contributed by atoms with E-state index in [2.05, 4.69) is 5.32 Å². The topological polar surface area (TPSA) is 52.7 Å². The third kappa shape index (κ3) is 3.24. The highest BCUT2D eigenvalue weighted by Crippen LogP contribution is 2.17. The van der Waals surface area contributed by atoms with Gasteiger partial charge in [-0.2, -0.15) is 0 Å². The Hall–Kier alpha value is -2.04. The van der Waals surface area contributed by atoms with E-state index < -0.39 is 0 Å². The van der Waals surface area contributed by atoms with Gasteiger partial charge in [0.1, 0.15) is 0 Å². The van der Waals surface area contributed by atoms with Crippen molar-refractivity contribution in [3.05, 3.63) is 29.3 Å². The lowest BCUT2D eigenvalue weighted by Gasteiger charge is -2.32. The van der Waals surface area contributed by atoms with Gasteiger partial charge in [-0.15, -0.1) is 0 Å². The molecule has 1 aromatic carbocycles. The van der Waals surface area contributed by atoms with Crippen LogP contribution in [0.4, 0.5) is 10.5 Å². The van der Waals surface area contributed by atoms with Crippen LogP contribution in [-0.2, 0) is 4.79 Å². The largest absolute Gasteiger partial charge is 0.342 e. The van der Waals surface area contributed by atoms with Crippen LogP contribution in [0.2, 0.25) is 0 Å². The van der Waals surface area contributed by atoms with E-state index in [1.54, 1.807) is 9.80 Å². The summed E-state index contributed by atoms with van der Waals surface area (Å²) in [5.74, 6) is 0. The lowest BCUT2D eigenvalue weighted by Crippen LogP contribution is -2.49. The maximum absolute atomic E-state index is 12.1. The smallest absolute Gasteiger partial charge is 0.321 e. The highest BCUT2D eigenvalue weighted by atomic mass is 16.2. The number of amides is 3. The molecule has 0 radical (unpaired) electrons. The summed E-state index contributed by atoms with van der Waals surface area (Å²) in [5, 5.41) is 2.93. The zero-order chi connectivity index (χ0) is 13.8. The Morgan fingerprint density at radius 2 is 1.89 bits per heavy atom. The number of hydrogen-bond acceptors (Lipinski definition) is 2. The molecule has 0 spiro atoms. The van der Waals surface area contributed by atoms with Crippen LogP contribution in [0.1, 0.15) is 11.1 Å². The fourth-order valence-corrected chi connectivity index (χ4v) is 2.10. The van der Waals surface area contributed by atoms with Crippen LogP contribution >= 0.6 is 0 Å². The summed E-state index contributed by atoms with van der Waals surface area (Å²) in [6, 6.07) is 5.89. The number of urea groups is 1. The van der Waals surface area contributed by atoms with Crippen molar-refractivity contribution in [1.82, 2.24) is 9.80 Å². The Balaban J connectivity index is 1.98. The number of benzene rings is 1. The predicted octanol–water partition coefficient (Wildman–Crippen LogP) is 1.61. The lowest BCUT2D eigenvalue weighted by molar-refractivity contribution is -0.119. The molecular weight excluding hydrogens is 242 g/mol. The zero-order valence-electron chi connectivity index (χ0n) is 11.3. The second-order valence-corrected chi connectivity index (χ2v) is 4.88. The number of carbonyl (C=O) groups excluding carboxylic acids is 2. The Kier molecular flexibility index (Phi) is 4.04. The van der Waals surface area contributed by atoms with E-state index >= 15 is 0 Å². The van der Waals surface area contributed by atoms with Gasteiger partial charge in [0, 0.05) is 31.9 Å². The SMILES string of the molecule is Cc1ccc(C)c(NC(=O)N2CCN(C=O)CC2)c1. The molecule has 0 unspecified atom stereocenters. The molecule has 5 heteroatoms. The number of piperazine rings is 1. The van der Waals surface area contributed by atoms with Crippen LogP contribution in [-0.4, -0.2) is 48.4 Å². The first-order chi connectivity index (χ1) is 9.10. The van der Waals surface area contributed by atoms with E-state index in [0.29, 0.717) is 26.2 Å². The molecule has 1 heterocycles. The number of anilines is 1. The van der Waals surface area contributed by atoms with Gasteiger partial charge < -0.3 is 15.1 Å². The molecule has 3 amide bonds. The predicted molar refractivity (Wildman–Crippen MR) is 74.1 cm³/mol. The molecule has 0 bridgehead atoms. The molecule has 1 saturated heterocycles. The van der Waals surface area contributed by atoms with Crippen LogP contribution in [0.3, 0.4) is 0 Å². The van der Waals surface area contributed by atoms with Crippen molar-refractivity contribution >= 4 is 18.1 Å². The van der Waals surface area contributed by atoms with Gasteiger partial charge in [-0.3, -0.25) is 4.79 Å². The maximum atomic E-state index is 12.1. The summed E-state index contributed by atoms with van der Waals surface area (Å²) in [4.78, 5) is 26.2. The molecule has 1 N–H and O–H groups in total. The first kappa shape index (κ1) is 13.4. The number of nitrogens with zero attached hydrogens (tertiary/aromatic N) is 2. The highest BCUT2D eigenvalue weighted by Gasteiger charge is 2.20. The number of carbonyl (C=O) groups is 2. The van der Waals surface area contributed by atoms with Crippen LogP contribution < -0.4 is 5.32 Å². The Labute approximate surface area is 113 Å². The van der Waals surface area contributed by atoms with Gasteiger partial charge in [0.25, 0.3) is 0 Å². The maximum Gasteiger partial charge on any atom is 0.321 e. The van der Waals surface area contributed by atoms with Crippen LogP contribution in [0.25, 0.3) is 0 Å². The van der Waals surface area contributed by atoms with E-state index in [1.807, 2.05) is 32.0 Å². The molecule has 1 aliphatic heterocycles. The highest BCUT2D eigenvalue weighted by molar-refractivity contribution is 5.90. The minimum atomic E-state index is -0.0979. The van der Waals surface area contributed by atoms with E-state index in [4.69, 9.17) is 0 Å². The summed E-state index contributed by atoms with van der Waals surface area (Å²) in [6.07, 6.45) is 0.833. The van der Waals surface area contributed by atoms with Crippen molar-refractivity contribution < 1.29 is 9.59 Å². The second-order valence-electron chi connectivity index (χ2n) is 4.88. The Morgan fingerprint density at radius 1 is 1.21 bits per heavy atom. The van der Waals surface area contributed by atoms with Gasteiger partial charge in [-0.1, -0.05) is 12.1 Å². The standard InChI is InChI=1S/C14H19N3O2/c1-11-3-4-12(2)13(9-11)15-14(19)17-7-5-16(10-18)6-8-17/h3-4,9-10H,5-8H2,1-2H3,(H,15,19). The van der Waals surface area contributed by atoms with Gasteiger partial charge in [-0.05, 0) is 31.0 Å². The number of hydrogen-bond donors (Lipinski definition) is 1. The Morgan fingerprint density at radius 3 is 2.53 bits per heavy atom. The molecule has 2 rings (SSSR count). The summed E-state index contributed by atoms with van der Waals surface area (Å²) in [5.41, 5.74) is 3.01. The molecule has 1 aromatic rings. The van der Waals surface area contributed by atoms with Gasteiger partial charge in [0.2, 0.25) is 6.41 Å². The Bertz CT molecular complexity index is 480. The molecule has 19 heavy (non-hydrogen) atoms. The normalized spacial score (nSPS) is 15.3. The van der Waals surface area contributed by atoms with Crippen molar-refractivity contribution in [1.29, 1.82) is 0 Å². The molecule has 0 atom stereocenters. The van der Waals surface area contributed by atoms with Crippen molar-refractivity contribution in [3.63, 3.8) is 0 Å². The second kappa shape index (κ2) is 5.73. The van der Waals surface area contributed by atoms with Crippen LogP contribution in [0.5, 0.6) is 0 Å². The minimum Gasteiger partial charge on any atom is -0.342 e. The number of rotatable bonds is 2. The fourth-order valence-electron chi connectivity index (χ4n) is 2.10. The van der Waals surface area contributed by atoms with Crippen LogP contribution in [0, 0.1) is 13.8 Å². The van der Waals surface area contributed by atoms with E-state index in [-0.39, 0.29) is 6.03 Å². The first-order valence-electron chi connectivity index (χ1n) is 6.42. The third-order valence-electron chi connectivity index (χ3n) is 3.39. The average molecular weight is 261 g/mol. The summed E-state index contributed by atoms with van der Waals surface area (Å²) in [6.45, 7) is 6.33. The lowest BCUT2D eigenvalue weighted by atomic mass is 10.1. The van der Waals surface area contributed by atoms with Gasteiger partial charge in [-0.25, -0.2) is 4.79 Å². The van der Waals surface area contributed by atoms with Crippen molar-refractivity contribution in [2.45, 2.75) is 13.8 Å². The molecule has 0 saturated carbocycles. The van der Waals surface area contributed by atoms with Gasteiger partial charge >= 0.3 is 6.03 Å². The van der Waals surface area contributed by atoms with E-state index in [0.717, 1.165) is 23.2 Å². The van der Waals surface area contributed by atoms with Gasteiger partial charge in [0.05, 0.1) is 0 Å². The monoisotopic (exact) mass is 261 g/mol. The van der Waals surface area contributed by atoms with Gasteiger partial charge in [0.15, 0.2) is 0 Å². The number of aryl methyl sites for hydroxylation is 2. The quantitative estimate of drug-likeness (QED) is 0.822. The molecule has 0 aliphatic carbocycles. The molecule has 1 aliphatic rings. The molecular formula is C14H19N3O2. The van der Waals surface area contributed by atoms with E-state index in [1.165, 1.54) is 0 Å². The summed E-state index contributed by atoms with van der Waals surface area (Å²) >= 11 is 0. The summed E-state index contributed by atoms with van der Waals surface area (Å²) < 4.78 is 0. The van der Waals surface area contributed by atoms with Crippen molar-refractivity contribution in [3.8, 4) is 0 Å². The molecule has 0 aromatic heterocycles. The van der Waals surface area contributed by atoms with Crippen molar-refractivity contribution in [2.75, 3.05) is 31.5 Å². The minimum absolute atomic E-state index is 0.0979. The van der Waals surface area contributed by atoms with Crippen LogP contribution in [0.15, 0.2) is 18.2 Å². The van der Waals surface area contributed by atoms with Crippen molar-refractivity contribution in [2.24, 2.45) is 0 Å². The zero-order valence-corrected chi connectivity index (χ0v) is 11.3. The molecule has 102 valence electrons. The average Bonchev–Trinajstić information content (AvgIpc) is 2.43. The molecule has 5 nitrogen and oxygen atoms in total. The summed E-state index contributed by atoms with van der Waals surface area (Å²) in [7, 11) is 0. The number of nitrogens with one attached hydrogen (secondary N) is 1. The third-order valence-corrected chi connectivity index (χ3v) is 3.39. The first-order valence-corrected chi connectivity index (χ1v) is 6.42.